The minimum Gasteiger partial charge on any atom is -0.496 e. The van der Waals surface area contributed by atoms with Crippen LogP contribution in [0.5, 0.6) is 11.5 Å². The first-order valence-electron chi connectivity index (χ1n) is 6.96. The standard InChI is InChI=1S/C15H22N2O4/c1-16-7-6-14(19)17-8-10-12(20-2)4-5-13(21-3)15(10)11(18)9-17/h4-5,11,16,18H,6-9H2,1-3H3. The van der Waals surface area contributed by atoms with Crippen molar-refractivity contribution in [1.29, 1.82) is 0 Å². The van der Waals surface area contributed by atoms with Crippen LogP contribution < -0.4 is 14.8 Å². The van der Waals surface area contributed by atoms with Crippen molar-refractivity contribution in [3.8, 4) is 11.5 Å². The van der Waals surface area contributed by atoms with Crippen molar-refractivity contribution >= 4 is 5.91 Å². The van der Waals surface area contributed by atoms with Crippen molar-refractivity contribution in [2.24, 2.45) is 0 Å². The monoisotopic (exact) mass is 294 g/mol. The summed E-state index contributed by atoms with van der Waals surface area (Å²) in [6, 6.07) is 3.57. The SMILES string of the molecule is CNCCC(=O)N1Cc2c(OC)ccc(OC)c2C(O)C1. The predicted octanol–water partition coefficient (Wildman–Crippen LogP) is 0.689. The van der Waals surface area contributed by atoms with E-state index in [2.05, 4.69) is 5.32 Å². The third-order valence-corrected chi connectivity index (χ3v) is 3.73. The number of nitrogens with one attached hydrogen (secondary N) is 1. The number of amides is 1. The van der Waals surface area contributed by atoms with Crippen LogP contribution in [0, 0.1) is 0 Å². The fraction of sp³-hybridized carbons (Fsp3) is 0.533. The van der Waals surface area contributed by atoms with Crippen LogP contribution in [-0.2, 0) is 11.3 Å². The van der Waals surface area contributed by atoms with Crippen LogP contribution in [0.2, 0.25) is 0 Å². The van der Waals surface area contributed by atoms with Gasteiger partial charge in [0, 0.05) is 30.6 Å². The molecule has 1 aromatic carbocycles. The van der Waals surface area contributed by atoms with Crippen molar-refractivity contribution in [3.63, 3.8) is 0 Å². The first-order valence-corrected chi connectivity index (χ1v) is 6.96. The summed E-state index contributed by atoms with van der Waals surface area (Å²) in [6.45, 7) is 1.32. The van der Waals surface area contributed by atoms with E-state index in [1.54, 1.807) is 31.3 Å². The van der Waals surface area contributed by atoms with Crippen molar-refractivity contribution in [1.82, 2.24) is 10.2 Å². The molecule has 0 fully saturated rings. The summed E-state index contributed by atoms with van der Waals surface area (Å²) < 4.78 is 10.7. The molecule has 0 saturated carbocycles. The first kappa shape index (κ1) is 15.6. The van der Waals surface area contributed by atoms with Crippen LogP contribution in [0.3, 0.4) is 0 Å². The number of hydrogen-bond donors (Lipinski definition) is 2. The summed E-state index contributed by atoms with van der Waals surface area (Å²) in [5, 5.41) is 13.3. The summed E-state index contributed by atoms with van der Waals surface area (Å²) in [4.78, 5) is 13.8. The third-order valence-electron chi connectivity index (χ3n) is 3.73. The molecule has 116 valence electrons. The average Bonchev–Trinajstić information content (AvgIpc) is 2.51. The Kier molecular flexibility index (Phi) is 5.03. The van der Waals surface area contributed by atoms with Gasteiger partial charge in [-0.15, -0.1) is 0 Å². The molecule has 1 heterocycles. The summed E-state index contributed by atoms with van der Waals surface area (Å²) in [5.74, 6) is 1.30. The molecule has 1 aliphatic rings. The molecule has 2 rings (SSSR count). The summed E-state index contributed by atoms with van der Waals surface area (Å²) in [6.07, 6.45) is -0.359. The maximum Gasteiger partial charge on any atom is 0.224 e. The molecule has 0 saturated heterocycles. The summed E-state index contributed by atoms with van der Waals surface area (Å²) in [7, 11) is 4.96. The van der Waals surface area contributed by atoms with Gasteiger partial charge < -0.3 is 24.8 Å². The highest BCUT2D eigenvalue weighted by atomic mass is 16.5. The molecule has 1 atom stereocenters. The molecule has 1 unspecified atom stereocenters. The van der Waals surface area contributed by atoms with Crippen molar-refractivity contribution < 1.29 is 19.4 Å². The highest BCUT2D eigenvalue weighted by Crippen LogP contribution is 2.39. The number of benzene rings is 1. The van der Waals surface area contributed by atoms with Crippen molar-refractivity contribution in [2.45, 2.75) is 19.1 Å². The van der Waals surface area contributed by atoms with E-state index in [0.717, 1.165) is 11.1 Å². The van der Waals surface area contributed by atoms with Gasteiger partial charge in [-0.2, -0.15) is 0 Å². The second kappa shape index (κ2) is 6.78. The minimum absolute atomic E-state index is 0.0129. The largest absolute Gasteiger partial charge is 0.496 e. The lowest BCUT2D eigenvalue weighted by Crippen LogP contribution is -2.39. The van der Waals surface area contributed by atoms with Crippen LogP contribution in [0.25, 0.3) is 0 Å². The summed E-state index contributed by atoms with van der Waals surface area (Å²) in [5.41, 5.74) is 1.53. The van der Waals surface area contributed by atoms with Gasteiger partial charge in [0.2, 0.25) is 5.91 Å². The first-order chi connectivity index (χ1) is 10.1. The number of aliphatic hydroxyl groups excluding tert-OH is 1. The molecule has 6 nitrogen and oxygen atoms in total. The number of ether oxygens (including phenoxy) is 2. The molecule has 0 bridgehead atoms. The van der Waals surface area contributed by atoms with Gasteiger partial charge in [0.25, 0.3) is 0 Å². The number of hydrogen-bond acceptors (Lipinski definition) is 5. The maximum atomic E-state index is 12.2. The Balaban J connectivity index is 2.31. The zero-order valence-corrected chi connectivity index (χ0v) is 12.7. The Morgan fingerprint density at radius 3 is 2.67 bits per heavy atom. The number of aliphatic hydroxyl groups is 1. The Morgan fingerprint density at radius 1 is 1.38 bits per heavy atom. The van der Waals surface area contributed by atoms with Gasteiger partial charge in [0.1, 0.15) is 17.6 Å². The molecule has 1 amide bonds. The van der Waals surface area contributed by atoms with Gasteiger partial charge in [0.05, 0.1) is 20.8 Å². The Bertz CT molecular complexity index is 519. The molecule has 0 spiro atoms. The van der Waals surface area contributed by atoms with E-state index in [9.17, 15) is 9.90 Å². The lowest BCUT2D eigenvalue weighted by atomic mass is 9.95. The second-order valence-electron chi connectivity index (χ2n) is 5.01. The molecule has 1 aliphatic heterocycles. The van der Waals surface area contributed by atoms with E-state index in [0.29, 0.717) is 31.0 Å². The van der Waals surface area contributed by atoms with Crippen LogP contribution in [0.15, 0.2) is 12.1 Å². The third kappa shape index (κ3) is 3.11. The van der Waals surface area contributed by atoms with Crippen molar-refractivity contribution in [3.05, 3.63) is 23.3 Å². The number of β-amino-alcohol motifs (C(OH)–C–C–N with tert-alkyl or cyclic N) is 1. The van der Waals surface area contributed by atoms with E-state index in [-0.39, 0.29) is 12.5 Å². The molecule has 21 heavy (non-hydrogen) atoms. The molecule has 6 heteroatoms. The van der Waals surface area contributed by atoms with E-state index < -0.39 is 6.10 Å². The highest BCUT2D eigenvalue weighted by Gasteiger charge is 2.31. The molecule has 2 N–H and O–H groups in total. The second-order valence-corrected chi connectivity index (χ2v) is 5.01. The summed E-state index contributed by atoms with van der Waals surface area (Å²) >= 11 is 0. The van der Waals surface area contributed by atoms with Crippen molar-refractivity contribution in [2.75, 3.05) is 34.4 Å². The Morgan fingerprint density at radius 2 is 2.05 bits per heavy atom. The highest BCUT2D eigenvalue weighted by molar-refractivity contribution is 5.77. The smallest absolute Gasteiger partial charge is 0.224 e. The number of fused-ring (bicyclic) bond motifs is 1. The number of carbonyl (C=O) groups excluding carboxylic acids is 1. The van der Waals surface area contributed by atoms with Crippen LogP contribution in [0.4, 0.5) is 0 Å². The molecule has 0 radical (unpaired) electrons. The zero-order chi connectivity index (χ0) is 15.4. The fourth-order valence-electron chi connectivity index (χ4n) is 2.66. The van der Waals surface area contributed by atoms with Gasteiger partial charge in [-0.25, -0.2) is 0 Å². The normalized spacial score (nSPS) is 17.3. The van der Waals surface area contributed by atoms with E-state index >= 15 is 0 Å². The van der Waals surface area contributed by atoms with E-state index in [4.69, 9.17) is 9.47 Å². The zero-order valence-electron chi connectivity index (χ0n) is 12.7. The van der Waals surface area contributed by atoms with Crippen LogP contribution in [0.1, 0.15) is 23.7 Å². The predicted molar refractivity (Wildman–Crippen MR) is 78.5 cm³/mol. The molecular formula is C15H22N2O4. The molecular weight excluding hydrogens is 272 g/mol. The van der Waals surface area contributed by atoms with E-state index in [1.165, 1.54) is 0 Å². The van der Waals surface area contributed by atoms with Gasteiger partial charge in [-0.3, -0.25) is 4.79 Å². The molecule has 1 aromatic rings. The Labute approximate surface area is 124 Å². The topological polar surface area (TPSA) is 71.0 Å². The van der Waals surface area contributed by atoms with Crippen LogP contribution >= 0.6 is 0 Å². The van der Waals surface area contributed by atoms with E-state index in [1.807, 2.05) is 7.05 Å². The maximum absolute atomic E-state index is 12.2. The number of rotatable bonds is 5. The van der Waals surface area contributed by atoms with Crippen LogP contribution in [-0.4, -0.2) is 50.3 Å². The lowest BCUT2D eigenvalue weighted by molar-refractivity contribution is -0.134. The van der Waals surface area contributed by atoms with Gasteiger partial charge in [-0.1, -0.05) is 0 Å². The molecule has 0 aromatic heterocycles. The van der Waals surface area contributed by atoms with Gasteiger partial charge in [0.15, 0.2) is 0 Å². The van der Waals surface area contributed by atoms with Gasteiger partial charge in [-0.05, 0) is 19.2 Å². The number of nitrogens with zero attached hydrogens (tertiary/aromatic N) is 1. The lowest BCUT2D eigenvalue weighted by Gasteiger charge is -2.34. The average molecular weight is 294 g/mol. The molecule has 0 aliphatic carbocycles. The number of carbonyl (C=O) groups is 1. The quantitative estimate of drug-likeness (QED) is 0.836. The minimum atomic E-state index is -0.766. The van der Waals surface area contributed by atoms with Gasteiger partial charge >= 0.3 is 0 Å². The number of methoxy groups -OCH3 is 2. The fourth-order valence-corrected chi connectivity index (χ4v) is 2.66. The Hall–Kier alpha value is -1.79.